The first-order valence-electron chi connectivity index (χ1n) is 12.2. The van der Waals surface area contributed by atoms with Gasteiger partial charge in [-0.3, -0.25) is 4.98 Å². The Hall–Kier alpha value is -2.20. The molecule has 176 valence electrons. The quantitative estimate of drug-likeness (QED) is 0.490. The van der Waals surface area contributed by atoms with Gasteiger partial charge in [-0.2, -0.15) is 5.26 Å². The number of nitrogens with one attached hydrogen (secondary N) is 2. The average Bonchev–Trinajstić information content (AvgIpc) is 2.86. The van der Waals surface area contributed by atoms with E-state index in [-0.39, 0.29) is 0 Å². The van der Waals surface area contributed by atoms with Crippen LogP contribution in [0.3, 0.4) is 0 Å². The highest BCUT2D eigenvalue weighted by Crippen LogP contribution is 2.31. The van der Waals surface area contributed by atoms with E-state index in [9.17, 15) is 0 Å². The van der Waals surface area contributed by atoms with Gasteiger partial charge in [-0.05, 0) is 75.0 Å². The number of anilines is 1. The molecule has 0 unspecified atom stereocenters. The fraction of sp³-hybridized carbons (Fsp3) is 0.577. The highest BCUT2D eigenvalue weighted by Gasteiger charge is 2.22. The predicted octanol–water partition coefficient (Wildman–Crippen LogP) is 5.24. The van der Waals surface area contributed by atoms with Crippen molar-refractivity contribution in [2.75, 3.05) is 31.6 Å². The molecule has 6 nitrogen and oxygen atoms in total. The van der Waals surface area contributed by atoms with E-state index in [0.717, 1.165) is 68.3 Å². The summed E-state index contributed by atoms with van der Waals surface area (Å²) in [6, 6.07) is 10.9. The van der Waals surface area contributed by atoms with Crippen molar-refractivity contribution in [2.24, 2.45) is 11.8 Å². The Morgan fingerprint density at radius 2 is 1.91 bits per heavy atom. The number of rotatable bonds is 9. The molecule has 1 saturated heterocycles. The molecule has 1 aliphatic carbocycles. The molecule has 7 heteroatoms. The molecule has 2 N–H and O–H groups in total. The van der Waals surface area contributed by atoms with Crippen LogP contribution in [0.2, 0.25) is 5.02 Å². The lowest BCUT2D eigenvalue weighted by Gasteiger charge is -2.29. The third-order valence-corrected chi connectivity index (χ3v) is 7.17. The van der Waals surface area contributed by atoms with Crippen LogP contribution in [0.15, 0.2) is 30.5 Å². The average molecular weight is 468 g/mol. The number of pyridine rings is 2. The molecule has 1 aliphatic heterocycles. The number of halogens is 1. The van der Waals surface area contributed by atoms with E-state index in [4.69, 9.17) is 26.6 Å². The van der Waals surface area contributed by atoms with Gasteiger partial charge in [-0.15, -0.1) is 0 Å². The smallest absolute Gasteiger partial charge is 0.126 e. The first kappa shape index (κ1) is 23.9. The summed E-state index contributed by atoms with van der Waals surface area (Å²) in [4.78, 5) is 9.46. The van der Waals surface area contributed by atoms with Crippen LogP contribution in [0.25, 0.3) is 11.3 Å². The summed E-state index contributed by atoms with van der Waals surface area (Å²) in [5, 5.41) is 16.3. The minimum absolute atomic E-state index is 0.545. The first-order chi connectivity index (χ1) is 16.2. The van der Waals surface area contributed by atoms with E-state index < -0.39 is 0 Å². The topological polar surface area (TPSA) is 82.9 Å². The molecule has 0 aromatic carbocycles. The van der Waals surface area contributed by atoms with Crippen LogP contribution >= 0.6 is 11.6 Å². The van der Waals surface area contributed by atoms with E-state index in [1.54, 1.807) is 6.20 Å². The molecule has 0 bridgehead atoms. The number of hydrogen-bond donors (Lipinski definition) is 2. The zero-order valence-electron chi connectivity index (χ0n) is 19.2. The van der Waals surface area contributed by atoms with E-state index in [1.165, 1.54) is 25.7 Å². The predicted molar refractivity (Wildman–Crippen MR) is 132 cm³/mol. The number of ether oxygens (including phenoxy) is 1. The summed E-state index contributed by atoms with van der Waals surface area (Å²) in [5.41, 5.74) is 2.91. The van der Waals surface area contributed by atoms with Crippen LogP contribution in [-0.4, -0.2) is 42.3 Å². The summed E-state index contributed by atoms with van der Waals surface area (Å²) < 4.78 is 5.45. The lowest BCUT2D eigenvalue weighted by atomic mass is 9.83. The molecule has 4 rings (SSSR count). The molecule has 0 atom stereocenters. The maximum absolute atomic E-state index is 8.70. The Bertz CT molecular complexity index is 933. The van der Waals surface area contributed by atoms with Crippen molar-refractivity contribution in [1.82, 2.24) is 15.3 Å². The maximum atomic E-state index is 8.70. The van der Waals surface area contributed by atoms with Crippen molar-refractivity contribution in [1.29, 1.82) is 5.26 Å². The van der Waals surface area contributed by atoms with Gasteiger partial charge in [0.2, 0.25) is 0 Å². The summed E-state index contributed by atoms with van der Waals surface area (Å²) in [7, 11) is 0. The molecule has 2 aromatic heterocycles. The number of nitriles is 1. The van der Waals surface area contributed by atoms with Gasteiger partial charge < -0.3 is 15.4 Å². The van der Waals surface area contributed by atoms with Crippen LogP contribution in [-0.2, 0) is 11.2 Å². The molecule has 0 spiro atoms. The van der Waals surface area contributed by atoms with Crippen LogP contribution in [0, 0.1) is 23.2 Å². The highest BCUT2D eigenvalue weighted by molar-refractivity contribution is 6.33. The largest absolute Gasteiger partial charge is 0.381 e. The summed E-state index contributed by atoms with van der Waals surface area (Å²) >= 11 is 6.54. The molecule has 3 heterocycles. The zero-order valence-corrected chi connectivity index (χ0v) is 20.0. The Kier molecular flexibility index (Phi) is 8.93. The van der Waals surface area contributed by atoms with Gasteiger partial charge in [0.1, 0.15) is 5.82 Å². The van der Waals surface area contributed by atoms with Crippen molar-refractivity contribution in [3.05, 3.63) is 41.2 Å². The van der Waals surface area contributed by atoms with E-state index >= 15 is 0 Å². The van der Waals surface area contributed by atoms with Gasteiger partial charge in [0.15, 0.2) is 0 Å². The Morgan fingerprint density at radius 3 is 2.70 bits per heavy atom. The standard InChI is InChI=1S/C26H34ClN5O/c27-24-18-30-22(15-19-5-7-21(8-6-19)29-12-2-11-28)16-23(24)25-3-1-4-26(32-25)31-17-20-9-13-33-14-10-20/h1,3-4,16,18-21,29H,2,5-10,12-15,17H2,(H,31,32). The van der Waals surface area contributed by atoms with Crippen molar-refractivity contribution in [3.8, 4) is 17.3 Å². The minimum atomic E-state index is 0.545. The van der Waals surface area contributed by atoms with Gasteiger partial charge in [0, 0.05) is 56.2 Å². The van der Waals surface area contributed by atoms with E-state index in [0.29, 0.717) is 29.3 Å². The van der Waals surface area contributed by atoms with Crippen molar-refractivity contribution >= 4 is 17.4 Å². The van der Waals surface area contributed by atoms with Gasteiger partial charge in [0.25, 0.3) is 0 Å². The third kappa shape index (κ3) is 7.14. The second-order valence-electron chi connectivity index (χ2n) is 9.28. The minimum Gasteiger partial charge on any atom is -0.381 e. The Labute approximate surface area is 202 Å². The fourth-order valence-corrected chi connectivity index (χ4v) is 5.07. The third-order valence-electron chi connectivity index (χ3n) is 6.86. The molecular formula is C26H34ClN5O. The van der Waals surface area contributed by atoms with Crippen LogP contribution in [0.1, 0.15) is 50.6 Å². The molecule has 2 aromatic rings. The van der Waals surface area contributed by atoms with Crippen LogP contribution < -0.4 is 10.6 Å². The fourth-order valence-electron chi connectivity index (χ4n) is 4.87. The number of aromatic nitrogens is 2. The molecule has 33 heavy (non-hydrogen) atoms. The van der Waals surface area contributed by atoms with E-state index in [2.05, 4.69) is 27.8 Å². The number of hydrogen-bond acceptors (Lipinski definition) is 6. The molecule has 2 aliphatic rings. The first-order valence-corrected chi connectivity index (χ1v) is 12.6. The second-order valence-corrected chi connectivity index (χ2v) is 9.69. The summed E-state index contributed by atoms with van der Waals surface area (Å²) in [5.74, 6) is 2.16. The monoisotopic (exact) mass is 467 g/mol. The molecule has 1 saturated carbocycles. The molecule has 0 amide bonds. The maximum Gasteiger partial charge on any atom is 0.126 e. The normalized spacial score (nSPS) is 21.5. The molecular weight excluding hydrogens is 434 g/mol. The van der Waals surface area contributed by atoms with Crippen molar-refractivity contribution < 1.29 is 4.74 Å². The van der Waals surface area contributed by atoms with Crippen LogP contribution in [0.4, 0.5) is 5.82 Å². The van der Waals surface area contributed by atoms with Gasteiger partial charge in [-0.1, -0.05) is 17.7 Å². The molecule has 0 radical (unpaired) electrons. The van der Waals surface area contributed by atoms with Crippen LogP contribution in [0.5, 0.6) is 0 Å². The summed E-state index contributed by atoms with van der Waals surface area (Å²) in [6.45, 7) is 3.43. The van der Waals surface area contributed by atoms with Crippen molar-refractivity contribution in [2.45, 2.75) is 57.4 Å². The van der Waals surface area contributed by atoms with Crippen molar-refractivity contribution in [3.63, 3.8) is 0 Å². The molecule has 2 fully saturated rings. The van der Waals surface area contributed by atoms with E-state index in [1.807, 2.05) is 18.2 Å². The Balaban J connectivity index is 1.35. The lowest BCUT2D eigenvalue weighted by molar-refractivity contribution is 0.0699. The Morgan fingerprint density at radius 1 is 1.09 bits per heavy atom. The zero-order chi connectivity index (χ0) is 22.9. The highest BCUT2D eigenvalue weighted by atomic mass is 35.5. The second kappa shape index (κ2) is 12.3. The van der Waals surface area contributed by atoms with Gasteiger partial charge in [0.05, 0.1) is 16.8 Å². The lowest BCUT2D eigenvalue weighted by Crippen LogP contribution is -2.34. The SMILES string of the molecule is N#CCCNC1CCC(Cc2cc(-c3cccc(NCC4CCOCC4)n3)c(Cl)cn2)CC1. The van der Waals surface area contributed by atoms with Gasteiger partial charge >= 0.3 is 0 Å². The summed E-state index contributed by atoms with van der Waals surface area (Å²) in [6.07, 6.45) is 10.2. The number of nitrogens with zero attached hydrogens (tertiary/aromatic N) is 3. The van der Waals surface area contributed by atoms with Gasteiger partial charge in [-0.25, -0.2) is 4.98 Å².